The fourth-order valence-electron chi connectivity index (χ4n) is 1.64. The van der Waals surface area contributed by atoms with Crippen molar-refractivity contribution in [2.75, 3.05) is 20.6 Å². The minimum atomic E-state index is -4.61. The van der Waals surface area contributed by atoms with Crippen molar-refractivity contribution in [2.24, 2.45) is 5.73 Å². The Balaban J connectivity index is 3.21. The van der Waals surface area contributed by atoms with Crippen LogP contribution in [0.15, 0.2) is 18.2 Å². The number of nitrogens with one attached hydrogen (secondary N) is 1. The van der Waals surface area contributed by atoms with E-state index >= 15 is 0 Å². The van der Waals surface area contributed by atoms with E-state index in [9.17, 15) is 17.6 Å². The van der Waals surface area contributed by atoms with Crippen molar-refractivity contribution < 1.29 is 17.6 Å². The molecule has 1 rings (SSSR count). The Kier molecular flexibility index (Phi) is 4.66. The molecule has 0 aliphatic carbocycles. The van der Waals surface area contributed by atoms with Gasteiger partial charge in [-0.3, -0.25) is 0 Å². The van der Waals surface area contributed by atoms with Gasteiger partial charge in [0.2, 0.25) is 0 Å². The molecule has 0 saturated carbocycles. The Bertz CT molecular complexity index is 404. The molecule has 3 N–H and O–H groups in total. The maximum Gasteiger partial charge on any atom is 0.416 e. The molecule has 0 saturated heterocycles. The lowest BCUT2D eigenvalue weighted by atomic mass is 10.00. The second-order valence-corrected chi connectivity index (χ2v) is 4.04. The SMILES string of the molecule is CN(C)NC(CN)c1ccc(F)cc1C(F)(F)F. The normalized spacial score (nSPS) is 14.0. The summed E-state index contributed by atoms with van der Waals surface area (Å²) in [7, 11) is 3.28. The number of hydrogen-bond donors (Lipinski definition) is 2. The van der Waals surface area contributed by atoms with Crippen LogP contribution in [0.4, 0.5) is 17.6 Å². The molecule has 0 heterocycles. The van der Waals surface area contributed by atoms with Crippen LogP contribution in [0, 0.1) is 5.82 Å². The molecule has 7 heteroatoms. The van der Waals surface area contributed by atoms with Gasteiger partial charge in [-0.1, -0.05) is 6.07 Å². The minimum absolute atomic E-state index is 0.0348. The molecule has 3 nitrogen and oxygen atoms in total. The zero-order valence-electron chi connectivity index (χ0n) is 10.1. The first-order valence-electron chi connectivity index (χ1n) is 5.26. The molecular formula is C11H15F4N3. The smallest absolute Gasteiger partial charge is 0.329 e. The van der Waals surface area contributed by atoms with E-state index < -0.39 is 23.6 Å². The van der Waals surface area contributed by atoms with Gasteiger partial charge in [0.15, 0.2) is 0 Å². The second kappa shape index (κ2) is 5.64. The van der Waals surface area contributed by atoms with Gasteiger partial charge < -0.3 is 5.73 Å². The summed E-state index contributed by atoms with van der Waals surface area (Å²) in [6.45, 7) is -0.0348. The van der Waals surface area contributed by atoms with Crippen molar-refractivity contribution in [1.82, 2.24) is 10.4 Å². The predicted molar refractivity (Wildman–Crippen MR) is 60.0 cm³/mol. The van der Waals surface area contributed by atoms with E-state index in [2.05, 4.69) is 5.43 Å². The van der Waals surface area contributed by atoms with E-state index in [1.807, 2.05) is 0 Å². The van der Waals surface area contributed by atoms with Crippen molar-refractivity contribution >= 4 is 0 Å². The molecule has 1 aromatic carbocycles. The Morgan fingerprint density at radius 2 is 1.94 bits per heavy atom. The lowest BCUT2D eigenvalue weighted by Gasteiger charge is -2.25. The van der Waals surface area contributed by atoms with Gasteiger partial charge in [0.25, 0.3) is 0 Å². The summed E-state index contributed by atoms with van der Waals surface area (Å²) in [5.41, 5.74) is 7.14. The third-order valence-electron chi connectivity index (χ3n) is 2.35. The summed E-state index contributed by atoms with van der Waals surface area (Å²) in [5, 5.41) is 1.50. The van der Waals surface area contributed by atoms with E-state index in [-0.39, 0.29) is 12.1 Å². The summed E-state index contributed by atoms with van der Waals surface area (Å²) in [5.74, 6) is -0.924. The number of halogens is 4. The van der Waals surface area contributed by atoms with Crippen LogP contribution in [0.5, 0.6) is 0 Å². The topological polar surface area (TPSA) is 41.3 Å². The van der Waals surface area contributed by atoms with E-state index in [0.29, 0.717) is 6.07 Å². The summed E-state index contributed by atoms with van der Waals surface area (Å²) < 4.78 is 51.4. The Morgan fingerprint density at radius 1 is 1.33 bits per heavy atom. The van der Waals surface area contributed by atoms with Crippen LogP contribution in [-0.2, 0) is 6.18 Å². The molecule has 18 heavy (non-hydrogen) atoms. The van der Waals surface area contributed by atoms with Gasteiger partial charge >= 0.3 is 6.18 Å². The van der Waals surface area contributed by atoms with Crippen molar-refractivity contribution in [2.45, 2.75) is 12.2 Å². The maximum atomic E-state index is 12.9. The summed E-state index contributed by atoms with van der Waals surface area (Å²) in [4.78, 5) is 0. The van der Waals surface area contributed by atoms with Crippen LogP contribution in [-0.4, -0.2) is 25.6 Å². The molecule has 1 unspecified atom stereocenters. The first-order valence-corrected chi connectivity index (χ1v) is 5.26. The molecule has 0 bridgehead atoms. The molecule has 0 fully saturated rings. The largest absolute Gasteiger partial charge is 0.416 e. The quantitative estimate of drug-likeness (QED) is 0.645. The third kappa shape index (κ3) is 3.66. The number of rotatable bonds is 4. The van der Waals surface area contributed by atoms with E-state index in [4.69, 9.17) is 5.73 Å². The van der Waals surface area contributed by atoms with Crippen LogP contribution in [0.1, 0.15) is 17.2 Å². The van der Waals surface area contributed by atoms with Gasteiger partial charge in [-0.15, -0.1) is 0 Å². The molecule has 0 aliphatic heterocycles. The van der Waals surface area contributed by atoms with Gasteiger partial charge in [-0.05, 0) is 17.7 Å². The highest BCUT2D eigenvalue weighted by Crippen LogP contribution is 2.34. The highest BCUT2D eigenvalue weighted by Gasteiger charge is 2.35. The number of hydrogen-bond acceptors (Lipinski definition) is 3. The molecule has 1 aromatic rings. The first kappa shape index (κ1) is 14.9. The summed E-state index contributed by atoms with van der Waals surface area (Å²) in [6.07, 6.45) is -4.61. The molecule has 0 aliphatic rings. The van der Waals surface area contributed by atoms with Crippen LogP contribution >= 0.6 is 0 Å². The highest BCUT2D eigenvalue weighted by atomic mass is 19.4. The average molecular weight is 265 g/mol. The van der Waals surface area contributed by atoms with Crippen LogP contribution in [0.3, 0.4) is 0 Å². The van der Waals surface area contributed by atoms with Crippen molar-refractivity contribution in [3.63, 3.8) is 0 Å². The predicted octanol–water partition coefficient (Wildman–Crippen LogP) is 1.91. The second-order valence-electron chi connectivity index (χ2n) is 4.04. The maximum absolute atomic E-state index is 12.9. The Hall–Kier alpha value is -1.18. The lowest BCUT2D eigenvalue weighted by molar-refractivity contribution is -0.138. The van der Waals surface area contributed by atoms with Crippen LogP contribution < -0.4 is 11.2 Å². The number of nitrogens with two attached hydrogens (primary N) is 1. The summed E-state index contributed by atoms with van der Waals surface area (Å²) in [6, 6.07) is 1.85. The number of nitrogens with zero attached hydrogens (tertiary/aromatic N) is 1. The van der Waals surface area contributed by atoms with E-state index in [1.165, 1.54) is 5.01 Å². The van der Waals surface area contributed by atoms with Gasteiger partial charge in [-0.25, -0.2) is 14.8 Å². The molecule has 0 aromatic heterocycles. The number of alkyl halides is 3. The van der Waals surface area contributed by atoms with Crippen molar-refractivity contribution in [3.8, 4) is 0 Å². The zero-order valence-corrected chi connectivity index (χ0v) is 10.1. The zero-order chi connectivity index (χ0) is 13.9. The van der Waals surface area contributed by atoms with E-state index in [0.717, 1.165) is 12.1 Å². The first-order chi connectivity index (χ1) is 8.25. The molecule has 1 atom stereocenters. The van der Waals surface area contributed by atoms with Crippen LogP contribution in [0.2, 0.25) is 0 Å². The molecule has 0 radical (unpaired) electrons. The Morgan fingerprint density at radius 3 is 2.39 bits per heavy atom. The van der Waals surface area contributed by atoms with Gasteiger partial charge in [0.05, 0.1) is 11.6 Å². The Labute approximate surface area is 103 Å². The van der Waals surface area contributed by atoms with Gasteiger partial charge in [-0.2, -0.15) is 13.2 Å². The van der Waals surface area contributed by atoms with Gasteiger partial charge in [0.1, 0.15) is 5.82 Å². The molecule has 0 amide bonds. The van der Waals surface area contributed by atoms with Crippen LogP contribution in [0.25, 0.3) is 0 Å². The van der Waals surface area contributed by atoms with Gasteiger partial charge in [0, 0.05) is 20.6 Å². The number of benzene rings is 1. The fraction of sp³-hybridized carbons (Fsp3) is 0.455. The highest BCUT2D eigenvalue weighted by molar-refractivity contribution is 5.33. The standard InChI is InChI=1S/C11H15F4N3/c1-18(2)17-10(6-16)8-4-3-7(12)5-9(8)11(13,14)15/h3-5,10,17H,6,16H2,1-2H3. The molecular weight excluding hydrogens is 250 g/mol. The average Bonchev–Trinajstić information content (AvgIpc) is 2.24. The minimum Gasteiger partial charge on any atom is -0.329 e. The molecule has 0 spiro atoms. The fourth-order valence-corrected chi connectivity index (χ4v) is 1.64. The van der Waals surface area contributed by atoms with Crippen molar-refractivity contribution in [3.05, 3.63) is 35.1 Å². The summed E-state index contributed by atoms with van der Waals surface area (Å²) >= 11 is 0. The van der Waals surface area contributed by atoms with Crippen molar-refractivity contribution in [1.29, 1.82) is 0 Å². The van der Waals surface area contributed by atoms with E-state index in [1.54, 1.807) is 14.1 Å². The molecule has 102 valence electrons. The third-order valence-corrected chi connectivity index (χ3v) is 2.35. The lowest BCUT2D eigenvalue weighted by Crippen LogP contribution is -2.39. The monoisotopic (exact) mass is 265 g/mol. The number of hydrazine groups is 1.